The normalized spacial score (nSPS) is 11.4. The van der Waals surface area contributed by atoms with E-state index in [0.29, 0.717) is 5.69 Å². The number of fused-ring (bicyclic) bond motifs is 2. The standard InChI is InChI=1S/C25H20N2O/c1-17-12-13-21-19(16-17)14-15-27(21)24-23(18-8-4-3-5-9-18)20-10-6-7-11-22(20)26(2)25(24)28/h3-16H,1-2H3. The summed E-state index contributed by atoms with van der Waals surface area (Å²) in [6.07, 6.45) is 2.00. The maximum Gasteiger partial charge on any atom is 0.275 e. The van der Waals surface area contributed by atoms with Gasteiger partial charge in [0.25, 0.3) is 5.56 Å². The number of hydrogen-bond acceptors (Lipinski definition) is 1. The fourth-order valence-corrected chi connectivity index (χ4v) is 4.06. The Bertz CT molecular complexity index is 1390. The molecule has 0 fully saturated rings. The van der Waals surface area contributed by atoms with Crippen molar-refractivity contribution in [3.8, 4) is 16.8 Å². The summed E-state index contributed by atoms with van der Waals surface area (Å²) in [5.74, 6) is 0. The Morgan fingerprint density at radius 2 is 1.54 bits per heavy atom. The number of nitrogens with zero attached hydrogens (tertiary/aromatic N) is 2. The molecule has 0 aliphatic carbocycles. The first kappa shape index (κ1) is 16.6. The molecule has 0 saturated carbocycles. The van der Waals surface area contributed by atoms with Crippen LogP contribution < -0.4 is 5.56 Å². The molecule has 0 spiro atoms. The van der Waals surface area contributed by atoms with E-state index in [1.165, 1.54) is 5.56 Å². The number of hydrogen-bond donors (Lipinski definition) is 0. The molecule has 0 amide bonds. The minimum atomic E-state index is -0.00405. The molecule has 0 saturated heterocycles. The summed E-state index contributed by atoms with van der Waals surface area (Å²) < 4.78 is 3.78. The second-order valence-electron chi connectivity index (χ2n) is 7.22. The van der Waals surface area contributed by atoms with E-state index in [1.807, 2.05) is 54.2 Å². The number of aromatic nitrogens is 2. The number of benzene rings is 3. The maximum atomic E-state index is 13.5. The van der Waals surface area contributed by atoms with Crippen LogP contribution in [0.3, 0.4) is 0 Å². The lowest BCUT2D eigenvalue weighted by atomic mass is 9.99. The molecule has 28 heavy (non-hydrogen) atoms. The average Bonchev–Trinajstić information content (AvgIpc) is 3.13. The Balaban J connectivity index is 1.98. The van der Waals surface area contributed by atoms with E-state index in [1.54, 1.807) is 4.57 Å². The summed E-state index contributed by atoms with van der Waals surface area (Å²) in [5.41, 5.74) is 5.87. The van der Waals surface area contributed by atoms with Gasteiger partial charge >= 0.3 is 0 Å². The molecule has 2 heterocycles. The van der Waals surface area contributed by atoms with Crippen molar-refractivity contribution in [2.24, 2.45) is 7.05 Å². The van der Waals surface area contributed by atoms with Gasteiger partial charge in [0.05, 0.1) is 11.0 Å². The van der Waals surface area contributed by atoms with E-state index in [-0.39, 0.29) is 5.56 Å². The quantitative estimate of drug-likeness (QED) is 0.409. The van der Waals surface area contributed by atoms with Crippen LogP contribution in [-0.2, 0) is 7.05 Å². The molecule has 0 aliphatic rings. The third-order valence-corrected chi connectivity index (χ3v) is 5.43. The molecular weight excluding hydrogens is 344 g/mol. The summed E-state index contributed by atoms with van der Waals surface area (Å²) in [6, 6.07) is 26.7. The second kappa shape index (κ2) is 6.24. The fraction of sp³-hybridized carbons (Fsp3) is 0.0800. The van der Waals surface area contributed by atoms with Crippen LogP contribution in [0.2, 0.25) is 0 Å². The first-order valence-corrected chi connectivity index (χ1v) is 9.40. The van der Waals surface area contributed by atoms with Gasteiger partial charge in [0.1, 0.15) is 5.69 Å². The Morgan fingerprint density at radius 3 is 2.36 bits per heavy atom. The molecule has 5 rings (SSSR count). The third kappa shape index (κ3) is 2.40. The third-order valence-electron chi connectivity index (χ3n) is 5.43. The highest BCUT2D eigenvalue weighted by atomic mass is 16.1. The molecule has 0 unspecified atom stereocenters. The van der Waals surface area contributed by atoms with Crippen LogP contribution in [-0.4, -0.2) is 9.13 Å². The number of aryl methyl sites for hydroxylation is 2. The van der Waals surface area contributed by atoms with Crippen LogP contribution in [0.1, 0.15) is 5.56 Å². The van der Waals surface area contributed by atoms with Gasteiger partial charge < -0.3 is 9.13 Å². The summed E-state index contributed by atoms with van der Waals surface area (Å²) >= 11 is 0. The van der Waals surface area contributed by atoms with Crippen molar-refractivity contribution in [1.82, 2.24) is 9.13 Å². The highest BCUT2D eigenvalue weighted by Gasteiger charge is 2.19. The Labute approximate surface area is 163 Å². The number of para-hydroxylation sites is 1. The molecule has 3 aromatic carbocycles. The molecule has 0 bridgehead atoms. The maximum absolute atomic E-state index is 13.5. The molecular formula is C25H20N2O. The molecule has 3 nitrogen and oxygen atoms in total. The molecule has 0 radical (unpaired) electrons. The van der Waals surface area contributed by atoms with Gasteiger partial charge in [-0.05, 0) is 36.8 Å². The lowest BCUT2D eigenvalue weighted by Crippen LogP contribution is -2.23. The van der Waals surface area contributed by atoms with Gasteiger partial charge in [0.15, 0.2) is 0 Å². The van der Waals surface area contributed by atoms with Crippen molar-refractivity contribution in [3.63, 3.8) is 0 Å². The molecule has 5 aromatic rings. The summed E-state index contributed by atoms with van der Waals surface area (Å²) in [6.45, 7) is 2.08. The molecule has 0 aliphatic heterocycles. The minimum Gasteiger partial charge on any atom is -0.311 e. The van der Waals surface area contributed by atoms with Gasteiger partial charge in [-0.25, -0.2) is 0 Å². The van der Waals surface area contributed by atoms with Crippen molar-refractivity contribution < 1.29 is 0 Å². The smallest absolute Gasteiger partial charge is 0.275 e. The largest absolute Gasteiger partial charge is 0.311 e. The zero-order chi connectivity index (χ0) is 19.3. The van der Waals surface area contributed by atoms with Crippen molar-refractivity contribution in [1.29, 1.82) is 0 Å². The van der Waals surface area contributed by atoms with Crippen molar-refractivity contribution in [2.75, 3.05) is 0 Å². The Morgan fingerprint density at radius 1 is 0.786 bits per heavy atom. The summed E-state index contributed by atoms with van der Waals surface area (Å²) in [7, 11) is 1.85. The van der Waals surface area contributed by atoms with E-state index in [0.717, 1.165) is 32.9 Å². The van der Waals surface area contributed by atoms with Crippen LogP contribution >= 0.6 is 0 Å². The highest BCUT2D eigenvalue weighted by Crippen LogP contribution is 2.34. The van der Waals surface area contributed by atoms with E-state index in [9.17, 15) is 4.79 Å². The van der Waals surface area contributed by atoms with Crippen LogP contribution in [0, 0.1) is 6.92 Å². The van der Waals surface area contributed by atoms with Gasteiger partial charge in [-0.15, -0.1) is 0 Å². The number of rotatable bonds is 2. The van der Waals surface area contributed by atoms with Crippen LogP contribution in [0.15, 0.2) is 89.9 Å². The topological polar surface area (TPSA) is 26.9 Å². The number of pyridine rings is 1. The minimum absolute atomic E-state index is 0.00405. The van der Waals surface area contributed by atoms with Crippen LogP contribution in [0.5, 0.6) is 0 Å². The molecule has 0 atom stereocenters. The Hall–Kier alpha value is -3.59. The zero-order valence-electron chi connectivity index (χ0n) is 15.9. The van der Waals surface area contributed by atoms with E-state index in [4.69, 9.17) is 0 Å². The van der Waals surface area contributed by atoms with Gasteiger partial charge in [0, 0.05) is 29.6 Å². The lowest BCUT2D eigenvalue weighted by molar-refractivity contribution is 0.885. The van der Waals surface area contributed by atoms with Crippen molar-refractivity contribution >= 4 is 21.8 Å². The Kier molecular flexibility index (Phi) is 3.69. The van der Waals surface area contributed by atoms with Gasteiger partial charge in [-0.1, -0.05) is 60.2 Å². The SMILES string of the molecule is Cc1ccc2c(ccn2-c2c(-c3ccccc3)c3ccccc3n(C)c2=O)c1. The van der Waals surface area contributed by atoms with E-state index >= 15 is 0 Å². The molecule has 3 heteroatoms. The van der Waals surface area contributed by atoms with Crippen molar-refractivity contribution in [2.45, 2.75) is 6.92 Å². The first-order chi connectivity index (χ1) is 13.6. The zero-order valence-corrected chi connectivity index (χ0v) is 15.9. The van der Waals surface area contributed by atoms with Crippen LogP contribution in [0.25, 0.3) is 38.6 Å². The molecule has 2 aromatic heterocycles. The summed E-state index contributed by atoms with van der Waals surface area (Å²) in [4.78, 5) is 13.5. The average molecular weight is 364 g/mol. The lowest BCUT2D eigenvalue weighted by Gasteiger charge is -2.17. The van der Waals surface area contributed by atoms with E-state index in [2.05, 4.69) is 49.4 Å². The van der Waals surface area contributed by atoms with Crippen molar-refractivity contribution in [3.05, 3.63) is 101 Å². The van der Waals surface area contributed by atoms with Crippen LogP contribution in [0.4, 0.5) is 0 Å². The van der Waals surface area contributed by atoms with Gasteiger partial charge in [-0.3, -0.25) is 4.79 Å². The summed E-state index contributed by atoms with van der Waals surface area (Å²) in [5, 5.41) is 2.20. The van der Waals surface area contributed by atoms with Gasteiger partial charge in [-0.2, -0.15) is 0 Å². The molecule has 136 valence electrons. The van der Waals surface area contributed by atoms with Gasteiger partial charge in [0.2, 0.25) is 0 Å². The monoisotopic (exact) mass is 364 g/mol. The first-order valence-electron chi connectivity index (χ1n) is 9.40. The predicted octanol–water partition coefficient (Wildman–Crippen LogP) is 5.46. The highest BCUT2D eigenvalue weighted by molar-refractivity contribution is 6.00. The predicted molar refractivity (Wildman–Crippen MR) is 116 cm³/mol. The fourth-order valence-electron chi connectivity index (χ4n) is 4.06. The molecule has 0 N–H and O–H groups in total. The second-order valence-corrected chi connectivity index (χ2v) is 7.22. The van der Waals surface area contributed by atoms with E-state index < -0.39 is 0 Å².